The highest BCUT2D eigenvalue weighted by Gasteiger charge is 2.24. The van der Waals surface area contributed by atoms with Crippen molar-refractivity contribution in [2.75, 3.05) is 32.6 Å². The van der Waals surface area contributed by atoms with E-state index in [1.807, 2.05) is 57.5 Å². The van der Waals surface area contributed by atoms with Crippen molar-refractivity contribution in [3.8, 4) is 5.75 Å². The Balaban J connectivity index is 1.32. The molecule has 228 valence electrons. The van der Waals surface area contributed by atoms with Crippen LogP contribution in [0.15, 0.2) is 97.2 Å². The number of ether oxygens (including phenoxy) is 1. The molecule has 0 aliphatic carbocycles. The maximum Gasteiger partial charge on any atom is 0.262 e. The summed E-state index contributed by atoms with van der Waals surface area (Å²) in [6.45, 7) is 2.29. The zero-order valence-corrected chi connectivity index (χ0v) is 26.5. The van der Waals surface area contributed by atoms with Crippen LogP contribution in [0.2, 0.25) is 5.02 Å². The van der Waals surface area contributed by atoms with Crippen molar-refractivity contribution < 1.29 is 14.3 Å². The Hall–Kier alpha value is -5.01. The van der Waals surface area contributed by atoms with Gasteiger partial charge in [-0.2, -0.15) is 0 Å². The summed E-state index contributed by atoms with van der Waals surface area (Å²) in [5.74, 6) is 0.261. The topological polar surface area (TPSA) is 79.4 Å². The number of carbonyl (C=O) groups excluding carboxylic acids is 2. The van der Waals surface area contributed by atoms with Crippen LogP contribution < -0.4 is 15.0 Å². The summed E-state index contributed by atoms with van der Waals surface area (Å²) in [7, 11) is 5.64. The molecule has 1 atom stereocenters. The molecular weight excluding hydrogens is 584 g/mol. The number of methoxy groups -OCH3 is 1. The van der Waals surface area contributed by atoms with E-state index in [0.29, 0.717) is 34.1 Å². The van der Waals surface area contributed by atoms with E-state index in [4.69, 9.17) is 16.3 Å². The average molecular weight is 619 g/mol. The van der Waals surface area contributed by atoms with Crippen molar-refractivity contribution in [2.24, 2.45) is 0 Å². The van der Waals surface area contributed by atoms with Crippen molar-refractivity contribution in [1.82, 2.24) is 14.9 Å². The summed E-state index contributed by atoms with van der Waals surface area (Å²) in [5, 5.41) is 5.70. The van der Waals surface area contributed by atoms with Crippen LogP contribution in [0.5, 0.6) is 5.75 Å². The number of hydrogen-bond donors (Lipinski definition) is 2. The van der Waals surface area contributed by atoms with Crippen LogP contribution in [0, 0.1) is 6.92 Å². The van der Waals surface area contributed by atoms with Gasteiger partial charge in [0, 0.05) is 71.0 Å². The van der Waals surface area contributed by atoms with Gasteiger partial charge in [-0.05, 0) is 84.3 Å². The van der Waals surface area contributed by atoms with E-state index in [9.17, 15) is 9.59 Å². The Morgan fingerprint density at radius 1 is 0.956 bits per heavy atom. The van der Waals surface area contributed by atoms with E-state index in [1.165, 1.54) is 0 Å². The van der Waals surface area contributed by atoms with E-state index >= 15 is 0 Å². The molecule has 0 aliphatic heterocycles. The van der Waals surface area contributed by atoms with Crippen molar-refractivity contribution >= 4 is 50.9 Å². The standard InChI is InChI=1S/C37H35ClN4O3/c1-23-30(31-19-28(45-4)17-18-35(31)42(23)37(44)25-9-13-26(38)14-10-25)20-36(43)40-21-32(24-11-15-27(16-12-24)41(2)3)33-22-39-34-8-6-5-7-29(33)34/h5-19,22,32,39H,20-21H2,1-4H3,(H,40,43). The lowest BCUT2D eigenvalue weighted by Crippen LogP contribution is -2.30. The lowest BCUT2D eigenvalue weighted by atomic mass is 9.90. The highest BCUT2D eigenvalue weighted by Crippen LogP contribution is 2.33. The van der Waals surface area contributed by atoms with Crippen molar-refractivity contribution in [3.05, 3.63) is 130 Å². The van der Waals surface area contributed by atoms with Gasteiger partial charge in [-0.15, -0.1) is 0 Å². The number of benzene rings is 4. The third-order valence-corrected chi connectivity index (χ3v) is 8.74. The van der Waals surface area contributed by atoms with Crippen LogP contribution in [-0.2, 0) is 11.2 Å². The summed E-state index contributed by atoms with van der Waals surface area (Å²) in [5.41, 5.74) is 7.10. The number of rotatable bonds is 9. The molecule has 1 amide bonds. The number of H-pyrrole nitrogens is 1. The molecule has 2 heterocycles. The first-order valence-corrected chi connectivity index (χ1v) is 15.2. The van der Waals surface area contributed by atoms with Gasteiger partial charge in [-0.25, -0.2) is 0 Å². The average Bonchev–Trinajstić information content (AvgIpc) is 3.59. The Morgan fingerprint density at radius 2 is 1.69 bits per heavy atom. The Kier molecular flexibility index (Phi) is 8.37. The van der Waals surface area contributed by atoms with Gasteiger partial charge in [0.15, 0.2) is 0 Å². The van der Waals surface area contributed by atoms with Crippen molar-refractivity contribution in [3.63, 3.8) is 0 Å². The summed E-state index contributed by atoms with van der Waals surface area (Å²) in [4.78, 5) is 32.9. The predicted octanol–water partition coefficient (Wildman–Crippen LogP) is 7.34. The second kappa shape index (κ2) is 12.5. The fourth-order valence-corrected chi connectivity index (χ4v) is 6.16. The number of para-hydroxylation sites is 1. The minimum atomic E-state index is -0.188. The molecule has 0 aliphatic rings. The number of fused-ring (bicyclic) bond motifs is 2. The number of anilines is 1. The lowest BCUT2D eigenvalue weighted by Gasteiger charge is -2.20. The van der Waals surface area contributed by atoms with E-state index in [-0.39, 0.29) is 24.2 Å². The molecule has 0 bridgehead atoms. The number of nitrogens with one attached hydrogen (secondary N) is 2. The van der Waals surface area contributed by atoms with Crippen LogP contribution in [-0.4, -0.2) is 49.1 Å². The maximum absolute atomic E-state index is 13.7. The summed E-state index contributed by atoms with van der Waals surface area (Å²) in [6.07, 6.45) is 2.14. The van der Waals surface area contributed by atoms with Crippen molar-refractivity contribution in [1.29, 1.82) is 0 Å². The Bertz CT molecular complexity index is 2010. The molecule has 6 aromatic rings. The van der Waals surface area contributed by atoms with Gasteiger partial charge in [0.1, 0.15) is 5.75 Å². The normalized spacial score (nSPS) is 11.9. The molecule has 0 fully saturated rings. The molecule has 0 saturated carbocycles. The smallest absolute Gasteiger partial charge is 0.262 e. The number of aromatic nitrogens is 2. The minimum absolute atomic E-state index is 0.0738. The predicted molar refractivity (Wildman–Crippen MR) is 182 cm³/mol. The van der Waals surface area contributed by atoms with Crippen LogP contribution >= 0.6 is 11.6 Å². The summed E-state index contributed by atoms with van der Waals surface area (Å²) >= 11 is 6.07. The molecule has 2 N–H and O–H groups in total. The number of carbonyl (C=O) groups is 2. The zero-order valence-electron chi connectivity index (χ0n) is 25.7. The van der Waals surface area contributed by atoms with Crippen LogP contribution in [0.3, 0.4) is 0 Å². The van der Waals surface area contributed by atoms with Gasteiger partial charge in [-0.1, -0.05) is 41.9 Å². The number of aromatic amines is 1. The summed E-state index contributed by atoms with van der Waals surface area (Å²) in [6, 6.07) is 29.0. The van der Waals surface area contributed by atoms with Crippen LogP contribution in [0.4, 0.5) is 5.69 Å². The molecule has 2 aromatic heterocycles. The van der Waals surface area contributed by atoms with Crippen molar-refractivity contribution in [2.45, 2.75) is 19.3 Å². The van der Waals surface area contributed by atoms with Crippen LogP contribution in [0.1, 0.15) is 38.7 Å². The minimum Gasteiger partial charge on any atom is -0.497 e. The van der Waals surface area contributed by atoms with Gasteiger partial charge in [0.05, 0.1) is 19.0 Å². The van der Waals surface area contributed by atoms with Gasteiger partial charge >= 0.3 is 0 Å². The highest BCUT2D eigenvalue weighted by molar-refractivity contribution is 6.30. The van der Waals surface area contributed by atoms with Crippen LogP contribution in [0.25, 0.3) is 21.8 Å². The third-order valence-electron chi connectivity index (χ3n) is 8.49. The number of hydrogen-bond acceptors (Lipinski definition) is 4. The van der Waals surface area contributed by atoms with E-state index in [1.54, 1.807) is 35.9 Å². The molecule has 1 unspecified atom stereocenters. The van der Waals surface area contributed by atoms with Gasteiger partial charge in [0.25, 0.3) is 5.91 Å². The number of nitrogens with zero attached hydrogens (tertiary/aromatic N) is 2. The number of halogens is 1. The first-order valence-electron chi connectivity index (χ1n) is 14.8. The summed E-state index contributed by atoms with van der Waals surface area (Å²) < 4.78 is 7.17. The largest absolute Gasteiger partial charge is 0.497 e. The Labute approximate surface area is 267 Å². The molecule has 7 nitrogen and oxygen atoms in total. The SMILES string of the molecule is COc1ccc2c(c1)c(CC(=O)NCC(c1ccc(N(C)C)cc1)c1c[nH]c3ccccc13)c(C)n2C(=O)c1ccc(Cl)cc1. The monoisotopic (exact) mass is 618 g/mol. The lowest BCUT2D eigenvalue weighted by molar-refractivity contribution is -0.120. The fourth-order valence-electron chi connectivity index (χ4n) is 6.03. The number of amides is 1. The molecule has 4 aromatic carbocycles. The van der Waals surface area contributed by atoms with E-state index < -0.39 is 0 Å². The Morgan fingerprint density at radius 3 is 2.40 bits per heavy atom. The van der Waals surface area contributed by atoms with E-state index in [0.717, 1.165) is 38.7 Å². The van der Waals surface area contributed by atoms with Gasteiger partial charge < -0.3 is 19.9 Å². The second-order valence-corrected chi connectivity index (χ2v) is 11.8. The molecular formula is C37H35ClN4O3. The molecule has 0 saturated heterocycles. The molecule has 45 heavy (non-hydrogen) atoms. The molecule has 6 rings (SSSR count). The zero-order chi connectivity index (χ0) is 31.7. The third kappa shape index (κ3) is 5.91. The van der Waals surface area contributed by atoms with Gasteiger partial charge in [-0.3, -0.25) is 14.2 Å². The maximum atomic E-state index is 13.7. The second-order valence-electron chi connectivity index (χ2n) is 11.4. The fraction of sp³-hybridized carbons (Fsp3) is 0.189. The first kappa shape index (κ1) is 30.0. The first-order chi connectivity index (χ1) is 21.7. The van der Waals surface area contributed by atoms with E-state index in [2.05, 4.69) is 51.6 Å². The highest BCUT2D eigenvalue weighted by atomic mass is 35.5. The molecule has 8 heteroatoms. The quantitative estimate of drug-likeness (QED) is 0.178. The molecule has 0 spiro atoms. The molecule has 0 radical (unpaired) electrons. The van der Waals surface area contributed by atoms with Gasteiger partial charge in [0.2, 0.25) is 5.91 Å².